The minimum absolute atomic E-state index is 0.0558. The quantitative estimate of drug-likeness (QED) is 0.0243. The molecule has 0 rings (SSSR count). The number of unbranched alkanes of at least 4 members (excludes halogenated alkanes) is 32. The fourth-order valence-electron chi connectivity index (χ4n) is 8.35. The summed E-state index contributed by atoms with van der Waals surface area (Å²) in [7, 11) is 1.56. The minimum atomic E-state index is -4.34. The van der Waals surface area contributed by atoms with Gasteiger partial charge in [-0.15, -0.1) is 0 Å². The predicted molar refractivity (Wildman–Crippen MR) is 300 cm³/mol. The zero-order valence-electron chi connectivity index (χ0n) is 46.0. The van der Waals surface area contributed by atoms with Crippen molar-refractivity contribution >= 4 is 13.7 Å². The summed E-state index contributed by atoms with van der Waals surface area (Å²) in [6.07, 6.45) is 69.5. The Morgan fingerprint density at radius 2 is 0.855 bits per heavy atom. The second-order valence-electron chi connectivity index (χ2n) is 21.0. The number of nitrogens with one attached hydrogen (secondary N) is 1. The number of carbonyl (C=O) groups is 1. The molecule has 0 heterocycles. The highest BCUT2D eigenvalue weighted by atomic mass is 31.2. The van der Waals surface area contributed by atoms with Gasteiger partial charge in [-0.3, -0.25) is 13.8 Å². The van der Waals surface area contributed by atoms with E-state index in [1.54, 1.807) is 6.08 Å². The molecular formula is C60H114N2O6P+. The minimum Gasteiger partial charge on any atom is -0.387 e. The average molecular weight is 991 g/mol. The SMILES string of the molecule is CCCC/C=C/CC/C=C/C(O)C(COP(=O)(O)OCC[N+](C)(C)C)NC(=O)CCCCCCCCCCCCCCCCCCCCCCCCCC/C=C\C/C=C\C/C=C\CCCCCCC. The monoisotopic (exact) mass is 990 g/mol. The van der Waals surface area contributed by atoms with E-state index < -0.39 is 20.0 Å². The first-order valence-corrected chi connectivity index (χ1v) is 30.7. The number of hydrogen-bond acceptors (Lipinski definition) is 5. The number of rotatable bonds is 53. The zero-order valence-corrected chi connectivity index (χ0v) is 46.9. The van der Waals surface area contributed by atoms with Crippen molar-refractivity contribution in [3.63, 3.8) is 0 Å². The maximum atomic E-state index is 12.9. The van der Waals surface area contributed by atoms with Crippen molar-refractivity contribution in [2.24, 2.45) is 0 Å². The van der Waals surface area contributed by atoms with Crippen LogP contribution in [0.3, 0.4) is 0 Å². The van der Waals surface area contributed by atoms with E-state index >= 15 is 0 Å². The topological polar surface area (TPSA) is 105 Å². The largest absolute Gasteiger partial charge is 0.472 e. The van der Waals surface area contributed by atoms with Gasteiger partial charge in [-0.25, -0.2) is 4.57 Å². The van der Waals surface area contributed by atoms with Gasteiger partial charge in [-0.05, 0) is 64.2 Å². The number of aliphatic hydroxyl groups is 1. The van der Waals surface area contributed by atoms with Gasteiger partial charge in [0.1, 0.15) is 13.2 Å². The van der Waals surface area contributed by atoms with Crippen molar-refractivity contribution in [1.29, 1.82) is 0 Å². The maximum Gasteiger partial charge on any atom is 0.472 e. The summed E-state index contributed by atoms with van der Waals surface area (Å²) in [6.45, 7) is 4.71. The number of nitrogens with zero attached hydrogens (tertiary/aromatic N) is 1. The van der Waals surface area contributed by atoms with E-state index in [2.05, 4.69) is 67.8 Å². The number of phosphoric ester groups is 1. The van der Waals surface area contributed by atoms with Crippen molar-refractivity contribution in [3.8, 4) is 0 Å². The fraction of sp³-hybridized carbons (Fsp3) is 0.817. The number of carbonyl (C=O) groups excluding carboxylic acids is 1. The summed E-state index contributed by atoms with van der Waals surface area (Å²) >= 11 is 0. The third-order valence-corrected chi connectivity index (χ3v) is 13.9. The first-order chi connectivity index (χ1) is 33.5. The van der Waals surface area contributed by atoms with E-state index in [0.29, 0.717) is 17.4 Å². The summed E-state index contributed by atoms with van der Waals surface area (Å²) in [4.78, 5) is 23.1. The molecule has 3 atom stereocenters. The van der Waals surface area contributed by atoms with Crippen LogP contribution in [-0.2, 0) is 18.4 Å². The van der Waals surface area contributed by atoms with Crippen LogP contribution >= 0.6 is 7.82 Å². The number of amides is 1. The van der Waals surface area contributed by atoms with Crippen molar-refractivity contribution < 1.29 is 32.9 Å². The third kappa shape index (κ3) is 53.8. The lowest BCUT2D eigenvalue weighted by Crippen LogP contribution is -2.45. The molecule has 0 spiro atoms. The van der Waals surface area contributed by atoms with Gasteiger partial charge in [0.25, 0.3) is 0 Å². The fourth-order valence-corrected chi connectivity index (χ4v) is 9.08. The Bertz CT molecular complexity index is 1310. The van der Waals surface area contributed by atoms with Gasteiger partial charge in [0, 0.05) is 6.42 Å². The van der Waals surface area contributed by atoms with E-state index in [1.165, 1.54) is 193 Å². The standard InChI is InChI=1S/C60H113N2O6P/c1-6-8-10-12-14-16-17-18-19-20-21-22-23-24-25-26-27-28-29-30-31-32-33-34-35-36-37-38-39-40-41-42-43-44-45-46-48-50-52-54-60(64)61-58(57-68-69(65,66)67-56-55-62(3,4)5)59(63)53-51-49-47-15-13-11-9-7-2/h13,15,17-18,20-21,23-24,51,53,58-59,63H,6-12,14,16,19,22,25-50,52,54-57H2,1-5H3,(H-,61,64,65,66)/p+1/b15-13+,18-17-,21-20-,24-23-,53-51+. The van der Waals surface area contributed by atoms with E-state index in [-0.39, 0.29) is 19.1 Å². The van der Waals surface area contributed by atoms with Gasteiger partial charge in [0.05, 0.1) is 39.9 Å². The molecule has 0 radical (unpaired) electrons. The van der Waals surface area contributed by atoms with Crippen LogP contribution in [0, 0.1) is 0 Å². The number of hydrogen-bond donors (Lipinski definition) is 3. The van der Waals surface area contributed by atoms with Crippen molar-refractivity contribution in [2.45, 2.75) is 276 Å². The molecule has 0 saturated carbocycles. The molecule has 0 fully saturated rings. The second kappa shape index (κ2) is 51.1. The Hall–Kier alpha value is -1.80. The van der Waals surface area contributed by atoms with Crippen LogP contribution in [0.2, 0.25) is 0 Å². The zero-order chi connectivity index (χ0) is 50.6. The molecule has 0 bridgehead atoms. The Morgan fingerprint density at radius 3 is 1.30 bits per heavy atom. The molecule has 0 aromatic heterocycles. The summed E-state index contributed by atoms with van der Waals surface area (Å²) in [5, 5.41) is 13.8. The number of allylic oxidation sites excluding steroid dienone is 9. The Balaban J connectivity index is 3.79. The van der Waals surface area contributed by atoms with E-state index in [4.69, 9.17) is 9.05 Å². The van der Waals surface area contributed by atoms with Crippen molar-refractivity contribution in [1.82, 2.24) is 5.32 Å². The molecule has 0 saturated heterocycles. The molecule has 8 nitrogen and oxygen atoms in total. The normalized spacial score (nSPS) is 14.4. The molecular weight excluding hydrogens is 876 g/mol. The molecule has 69 heavy (non-hydrogen) atoms. The van der Waals surface area contributed by atoms with Crippen molar-refractivity contribution in [2.75, 3.05) is 40.9 Å². The Labute approximate surface area is 428 Å². The molecule has 404 valence electrons. The summed E-state index contributed by atoms with van der Waals surface area (Å²) in [6, 6.07) is -0.860. The molecule has 1 amide bonds. The van der Waals surface area contributed by atoms with Crippen LogP contribution in [0.4, 0.5) is 0 Å². The van der Waals surface area contributed by atoms with E-state index in [0.717, 1.165) is 51.4 Å². The van der Waals surface area contributed by atoms with E-state index in [9.17, 15) is 19.4 Å². The number of aliphatic hydroxyl groups excluding tert-OH is 1. The van der Waals surface area contributed by atoms with Crippen LogP contribution in [0.1, 0.15) is 264 Å². The molecule has 3 N–H and O–H groups in total. The average Bonchev–Trinajstić information content (AvgIpc) is 3.31. The van der Waals surface area contributed by atoms with Crippen LogP contribution in [-0.4, -0.2) is 73.4 Å². The molecule has 0 aromatic rings. The lowest BCUT2D eigenvalue weighted by Gasteiger charge is -2.25. The number of phosphoric acid groups is 1. The first kappa shape index (κ1) is 67.2. The molecule has 9 heteroatoms. The lowest BCUT2D eigenvalue weighted by atomic mass is 10.0. The van der Waals surface area contributed by atoms with Gasteiger partial charge in [-0.2, -0.15) is 0 Å². The van der Waals surface area contributed by atoms with E-state index in [1.807, 2.05) is 27.2 Å². The Kier molecular flexibility index (Phi) is 49.8. The summed E-state index contributed by atoms with van der Waals surface area (Å²) in [5.41, 5.74) is 0. The van der Waals surface area contributed by atoms with Crippen LogP contribution < -0.4 is 5.32 Å². The van der Waals surface area contributed by atoms with Gasteiger partial charge in [-0.1, -0.05) is 254 Å². The highest BCUT2D eigenvalue weighted by Crippen LogP contribution is 2.43. The molecule has 3 unspecified atom stereocenters. The van der Waals surface area contributed by atoms with Crippen LogP contribution in [0.15, 0.2) is 60.8 Å². The lowest BCUT2D eigenvalue weighted by molar-refractivity contribution is -0.870. The van der Waals surface area contributed by atoms with Gasteiger partial charge >= 0.3 is 7.82 Å². The maximum absolute atomic E-state index is 12.9. The Morgan fingerprint density at radius 1 is 0.493 bits per heavy atom. The van der Waals surface area contributed by atoms with Crippen LogP contribution in [0.5, 0.6) is 0 Å². The summed E-state index contributed by atoms with van der Waals surface area (Å²) in [5.74, 6) is -0.188. The molecule has 0 aliphatic rings. The predicted octanol–water partition coefficient (Wildman–Crippen LogP) is 17.7. The molecule has 0 aliphatic carbocycles. The number of likely N-dealkylation sites (N-methyl/N-ethyl adjacent to an activating group) is 1. The first-order valence-electron chi connectivity index (χ1n) is 29.2. The molecule has 0 aliphatic heterocycles. The van der Waals surface area contributed by atoms with Gasteiger partial charge in [0.15, 0.2) is 0 Å². The van der Waals surface area contributed by atoms with Crippen molar-refractivity contribution in [3.05, 3.63) is 60.8 Å². The third-order valence-electron chi connectivity index (χ3n) is 13.0. The molecule has 0 aromatic carbocycles. The van der Waals surface area contributed by atoms with Gasteiger partial charge < -0.3 is 19.8 Å². The van der Waals surface area contributed by atoms with Gasteiger partial charge in [0.2, 0.25) is 5.91 Å². The van der Waals surface area contributed by atoms with Crippen LogP contribution in [0.25, 0.3) is 0 Å². The number of quaternary nitrogens is 1. The smallest absolute Gasteiger partial charge is 0.387 e. The highest BCUT2D eigenvalue weighted by Gasteiger charge is 2.27. The summed E-state index contributed by atoms with van der Waals surface area (Å²) < 4.78 is 23.5. The second-order valence-corrected chi connectivity index (χ2v) is 22.5. The highest BCUT2D eigenvalue weighted by molar-refractivity contribution is 7.47.